The van der Waals surface area contributed by atoms with Gasteiger partial charge in [-0.1, -0.05) is 6.42 Å². The van der Waals surface area contributed by atoms with Crippen LogP contribution in [0.1, 0.15) is 53.6 Å². The van der Waals surface area contributed by atoms with E-state index in [4.69, 9.17) is 5.26 Å². The molecular formula is C17H16F3NO3S. The van der Waals surface area contributed by atoms with Crippen LogP contribution in [0.3, 0.4) is 0 Å². The number of carbonyl (C=O) groups excluding carboxylic acids is 1. The maximum atomic E-state index is 12.8. The molecule has 3 rings (SSSR count). The van der Waals surface area contributed by atoms with Gasteiger partial charge in [-0.3, -0.25) is 4.79 Å². The molecule has 0 spiro atoms. The average Bonchev–Trinajstić information content (AvgIpc) is 2.51. The molecule has 8 heteroatoms. The number of nitrogens with zero attached hydrogens (tertiary/aromatic N) is 1. The van der Waals surface area contributed by atoms with Gasteiger partial charge in [0.15, 0.2) is 15.6 Å². The summed E-state index contributed by atoms with van der Waals surface area (Å²) in [6.07, 6.45) is -2.39. The minimum Gasteiger partial charge on any atom is -0.294 e. The summed E-state index contributed by atoms with van der Waals surface area (Å²) < 4.78 is 62.9. The van der Waals surface area contributed by atoms with Crippen molar-refractivity contribution in [2.24, 2.45) is 5.92 Å². The predicted molar refractivity (Wildman–Crippen MR) is 83.6 cm³/mol. The minimum absolute atomic E-state index is 0.0575. The Bertz CT molecular complexity index is 835. The Kier molecular flexibility index (Phi) is 4.40. The van der Waals surface area contributed by atoms with Gasteiger partial charge in [0.25, 0.3) is 0 Å². The number of ketones is 1. The largest absolute Gasteiger partial charge is 0.416 e. The van der Waals surface area contributed by atoms with Crippen LogP contribution in [0.15, 0.2) is 18.2 Å². The molecule has 2 fully saturated rings. The van der Waals surface area contributed by atoms with Crippen molar-refractivity contribution in [1.82, 2.24) is 0 Å². The summed E-state index contributed by atoms with van der Waals surface area (Å²) in [4.78, 5) is 12.8. The molecule has 0 saturated carbocycles. The number of alkyl halides is 3. The lowest BCUT2D eigenvalue weighted by Gasteiger charge is -2.38. The monoisotopic (exact) mass is 371 g/mol. The van der Waals surface area contributed by atoms with Gasteiger partial charge >= 0.3 is 6.18 Å². The maximum Gasteiger partial charge on any atom is 0.416 e. The van der Waals surface area contributed by atoms with Crippen molar-refractivity contribution >= 4 is 15.6 Å². The van der Waals surface area contributed by atoms with E-state index in [1.165, 1.54) is 0 Å². The molecule has 1 aromatic carbocycles. The Morgan fingerprint density at radius 2 is 1.76 bits per heavy atom. The number of sulfone groups is 1. The Labute approximate surface area is 143 Å². The summed E-state index contributed by atoms with van der Waals surface area (Å²) in [7, 11) is -3.22. The lowest BCUT2D eigenvalue weighted by molar-refractivity contribution is -0.137. The van der Waals surface area contributed by atoms with E-state index >= 15 is 0 Å². The van der Waals surface area contributed by atoms with Gasteiger partial charge in [0.05, 0.1) is 27.7 Å². The van der Waals surface area contributed by atoms with Crippen molar-refractivity contribution in [2.75, 3.05) is 0 Å². The molecule has 2 heterocycles. The first kappa shape index (κ1) is 17.9. The van der Waals surface area contributed by atoms with Crippen LogP contribution in [0, 0.1) is 17.2 Å². The second-order valence-electron chi connectivity index (χ2n) is 6.67. The summed E-state index contributed by atoms with van der Waals surface area (Å²) >= 11 is 0. The van der Waals surface area contributed by atoms with Crippen molar-refractivity contribution < 1.29 is 26.4 Å². The van der Waals surface area contributed by atoms with Crippen molar-refractivity contribution in [2.45, 2.75) is 48.8 Å². The minimum atomic E-state index is -4.59. The summed E-state index contributed by atoms with van der Waals surface area (Å²) in [6.45, 7) is 0. The fraction of sp³-hybridized carbons (Fsp3) is 0.529. The normalized spacial score (nSPS) is 28.2. The molecular weight excluding hydrogens is 355 g/mol. The van der Waals surface area contributed by atoms with Crippen LogP contribution in [0.25, 0.3) is 0 Å². The fourth-order valence-electron chi connectivity index (χ4n) is 3.87. The van der Waals surface area contributed by atoms with Crippen molar-refractivity contribution in [3.05, 3.63) is 34.9 Å². The highest BCUT2D eigenvalue weighted by Crippen LogP contribution is 2.41. The third-order valence-corrected chi connectivity index (χ3v) is 7.89. The molecule has 1 aromatic rings. The summed E-state index contributed by atoms with van der Waals surface area (Å²) in [6, 6.07) is 4.15. The van der Waals surface area contributed by atoms with Crippen LogP contribution in [0.5, 0.6) is 0 Å². The van der Waals surface area contributed by atoms with Crippen LogP contribution >= 0.6 is 0 Å². The van der Waals surface area contributed by atoms with E-state index < -0.39 is 43.8 Å². The van der Waals surface area contributed by atoms with E-state index in [-0.39, 0.29) is 24.0 Å². The Balaban J connectivity index is 1.91. The average molecular weight is 371 g/mol. The number of benzene rings is 1. The van der Waals surface area contributed by atoms with E-state index in [2.05, 4.69) is 0 Å². The molecule has 134 valence electrons. The van der Waals surface area contributed by atoms with Crippen LogP contribution in [-0.2, 0) is 16.0 Å². The van der Waals surface area contributed by atoms with Crippen LogP contribution in [0.2, 0.25) is 0 Å². The van der Waals surface area contributed by atoms with Gasteiger partial charge < -0.3 is 0 Å². The third-order valence-electron chi connectivity index (χ3n) is 5.18. The highest BCUT2D eigenvalue weighted by atomic mass is 32.2. The molecule has 2 saturated heterocycles. The number of halogens is 3. The third kappa shape index (κ3) is 3.17. The Morgan fingerprint density at radius 3 is 2.28 bits per heavy atom. The topological polar surface area (TPSA) is 75.0 Å². The fourth-order valence-corrected chi connectivity index (χ4v) is 6.41. The van der Waals surface area contributed by atoms with Crippen LogP contribution in [0.4, 0.5) is 13.2 Å². The first-order valence-corrected chi connectivity index (χ1v) is 9.64. The Hall–Kier alpha value is -1.88. The highest BCUT2D eigenvalue weighted by molar-refractivity contribution is 7.92. The number of rotatable bonds is 2. The quantitative estimate of drug-likeness (QED) is 0.746. The number of nitriles is 1. The summed E-state index contributed by atoms with van der Waals surface area (Å²) in [5.74, 6) is -1.00. The Morgan fingerprint density at radius 1 is 1.16 bits per heavy atom. The highest BCUT2D eigenvalue weighted by Gasteiger charge is 2.46. The first-order chi connectivity index (χ1) is 11.6. The molecule has 4 nitrogen and oxygen atoms in total. The van der Waals surface area contributed by atoms with Crippen LogP contribution < -0.4 is 0 Å². The molecule has 2 aliphatic heterocycles. The molecule has 2 unspecified atom stereocenters. The van der Waals surface area contributed by atoms with Gasteiger partial charge in [0.2, 0.25) is 0 Å². The zero-order valence-corrected chi connectivity index (χ0v) is 14.0. The van der Waals surface area contributed by atoms with Gasteiger partial charge in [0.1, 0.15) is 0 Å². The van der Waals surface area contributed by atoms with E-state index in [1.54, 1.807) is 6.07 Å². The smallest absolute Gasteiger partial charge is 0.294 e. The number of Topliss-reactive ketones (excluding diaryl/α,β-unsaturated/α-hetero) is 1. The van der Waals surface area contributed by atoms with Crippen molar-refractivity contribution in [3.8, 4) is 6.07 Å². The molecule has 2 atom stereocenters. The molecule has 0 aromatic heterocycles. The standard InChI is InChI=1S/C17H16F3NO3S/c18-17(19,20)12-4-5-15(11(6-12)9-21)16(22)10-7-13-2-1-3-14(8-10)25(13,23)24/h4-6,10,13-14H,1-3,7-8H2. The SMILES string of the molecule is N#Cc1cc(C(F)(F)F)ccc1C(=O)C1CC2CCCC(C1)S2(=O)=O. The van der Waals surface area contributed by atoms with Gasteiger partial charge in [-0.05, 0) is 43.9 Å². The van der Waals surface area contributed by atoms with E-state index in [0.717, 1.165) is 18.6 Å². The van der Waals surface area contributed by atoms with Gasteiger partial charge in [-0.15, -0.1) is 0 Å². The molecule has 25 heavy (non-hydrogen) atoms. The lowest BCUT2D eigenvalue weighted by atomic mass is 9.83. The second kappa shape index (κ2) is 6.13. The number of hydrogen-bond donors (Lipinski definition) is 0. The van der Waals surface area contributed by atoms with E-state index in [1.807, 2.05) is 0 Å². The predicted octanol–water partition coefficient (Wildman–Crippen LogP) is 3.51. The molecule has 0 N–H and O–H groups in total. The number of hydrogen-bond acceptors (Lipinski definition) is 4. The molecule has 0 amide bonds. The van der Waals surface area contributed by atoms with E-state index in [0.29, 0.717) is 18.9 Å². The molecule has 2 aliphatic rings. The molecule has 2 bridgehead atoms. The zero-order chi connectivity index (χ0) is 18.4. The number of carbonyl (C=O) groups is 1. The van der Waals surface area contributed by atoms with Crippen molar-refractivity contribution in [1.29, 1.82) is 5.26 Å². The maximum absolute atomic E-state index is 12.8. The summed E-state index contributed by atoms with van der Waals surface area (Å²) in [5, 5.41) is 8.01. The molecule has 0 radical (unpaired) electrons. The summed E-state index contributed by atoms with van der Waals surface area (Å²) in [5.41, 5.74) is -1.36. The van der Waals surface area contributed by atoms with Crippen molar-refractivity contribution in [3.63, 3.8) is 0 Å². The van der Waals surface area contributed by atoms with Crippen LogP contribution in [-0.4, -0.2) is 24.7 Å². The van der Waals surface area contributed by atoms with Gasteiger partial charge in [0, 0.05) is 11.5 Å². The zero-order valence-electron chi connectivity index (χ0n) is 13.2. The lowest BCUT2D eigenvalue weighted by Crippen LogP contribution is -2.45. The first-order valence-electron chi connectivity index (χ1n) is 8.03. The number of fused-ring (bicyclic) bond motifs is 2. The van der Waals surface area contributed by atoms with Gasteiger partial charge in [-0.2, -0.15) is 18.4 Å². The molecule has 0 aliphatic carbocycles. The van der Waals surface area contributed by atoms with Gasteiger partial charge in [-0.25, -0.2) is 8.42 Å². The second-order valence-corrected chi connectivity index (χ2v) is 9.18. The van der Waals surface area contributed by atoms with E-state index in [9.17, 15) is 26.4 Å².